The molecule has 4 heteroatoms. The molecule has 1 fully saturated rings. The molecular formula is C15H20N2O2. The normalized spacial score (nSPS) is 16.2. The molecule has 1 N–H and O–H groups in total. The van der Waals surface area contributed by atoms with E-state index in [0.717, 1.165) is 31.5 Å². The number of nitrogens with zero attached hydrogens (tertiary/aromatic N) is 1. The van der Waals surface area contributed by atoms with Gasteiger partial charge in [0, 0.05) is 18.7 Å². The number of hydrogen-bond donors (Lipinski definition) is 1. The highest BCUT2D eigenvalue weighted by Gasteiger charge is 2.24. The quantitative estimate of drug-likeness (QED) is 0.900. The summed E-state index contributed by atoms with van der Waals surface area (Å²) >= 11 is 0. The van der Waals surface area contributed by atoms with Crippen LogP contribution < -0.4 is 5.32 Å². The van der Waals surface area contributed by atoms with Gasteiger partial charge >= 0.3 is 0 Å². The second-order valence-corrected chi connectivity index (χ2v) is 5.10. The summed E-state index contributed by atoms with van der Waals surface area (Å²) in [6.45, 7) is 5.30. The predicted octanol–water partition coefficient (Wildman–Crippen LogP) is 1.74. The largest absolute Gasteiger partial charge is 0.341 e. The van der Waals surface area contributed by atoms with Gasteiger partial charge in [0.25, 0.3) is 5.91 Å². The zero-order chi connectivity index (χ0) is 13.8. The second kappa shape index (κ2) is 5.87. The smallest absolute Gasteiger partial charge is 0.251 e. The summed E-state index contributed by atoms with van der Waals surface area (Å²) in [5.41, 5.74) is 1.63. The van der Waals surface area contributed by atoms with Crippen LogP contribution in [0.4, 0.5) is 0 Å². The first-order valence-corrected chi connectivity index (χ1v) is 6.74. The van der Waals surface area contributed by atoms with E-state index in [2.05, 4.69) is 5.32 Å². The van der Waals surface area contributed by atoms with E-state index < -0.39 is 6.04 Å². The molecule has 0 bridgehead atoms. The first-order valence-electron chi connectivity index (χ1n) is 6.74. The number of carbonyl (C=O) groups excluding carboxylic acids is 2. The minimum absolute atomic E-state index is 0.0125. The van der Waals surface area contributed by atoms with Crippen LogP contribution in [-0.2, 0) is 4.79 Å². The summed E-state index contributed by atoms with van der Waals surface area (Å²) < 4.78 is 0. The maximum Gasteiger partial charge on any atom is 0.251 e. The van der Waals surface area contributed by atoms with E-state index in [1.54, 1.807) is 13.0 Å². The van der Waals surface area contributed by atoms with Crippen LogP contribution in [0.1, 0.15) is 35.7 Å². The third kappa shape index (κ3) is 3.34. The van der Waals surface area contributed by atoms with Crippen LogP contribution in [0.25, 0.3) is 0 Å². The summed E-state index contributed by atoms with van der Waals surface area (Å²) in [5.74, 6) is -0.178. The Kier molecular flexibility index (Phi) is 4.20. The van der Waals surface area contributed by atoms with Crippen molar-refractivity contribution in [3.05, 3.63) is 35.4 Å². The highest BCUT2D eigenvalue weighted by atomic mass is 16.2. The molecule has 0 unspecified atom stereocenters. The van der Waals surface area contributed by atoms with Crippen LogP contribution in [0.2, 0.25) is 0 Å². The molecule has 1 aromatic rings. The van der Waals surface area contributed by atoms with Gasteiger partial charge < -0.3 is 10.2 Å². The maximum atomic E-state index is 12.1. The molecule has 4 nitrogen and oxygen atoms in total. The minimum atomic E-state index is -0.467. The Morgan fingerprint density at radius 1 is 1.26 bits per heavy atom. The molecule has 1 atom stereocenters. The fraction of sp³-hybridized carbons (Fsp3) is 0.467. The van der Waals surface area contributed by atoms with Crippen LogP contribution in [0.3, 0.4) is 0 Å². The van der Waals surface area contributed by atoms with Crippen molar-refractivity contribution in [2.24, 2.45) is 0 Å². The van der Waals surface area contributed by atoms with E-state index in [4.69, 9.17) is 0 Å². The van der Waals surface area contributed by atoms with Gasteiger partial charge in [-0.15, -0.1) is 0 Å². The second-order valence-electron chi connectivity index (χ2n) is 5.10. The van der Waals surface area contributed by atoms with Crippen LogP contribution >= 0.6 is 0 Å². The number of nitrogens with one attached hydrogen (secondary N) is 1. The highest BCUT2D eigenvalue weighted by Crippen LogP contribution is 2.10. The Morgan fingerprint density at radius 2 is 1.95 bits per heavy atom. The SMILES string of the molecule is Cc1cccc(C(=O)N[C@@H](C)C(=O)N2CCCC2)c1. The van der Waals surface area contributed by atoms with Crippen LogP contribution in [-0.4, -0.2) is 35.8 Å². The Labute approximate surface area is 113 Å². The fourth-order valence-corrected chi connectivity index (χ4v) is 2.34. The molecule has 1 aliphatic rings. The lowest BCUT2D eigenvalue weighted by Crippen LogP contribution is -2.45. The summed E-state index contributed by atoms with van der Waals surface area (Å²) in [6.07, 6.45) is 2.12. The molecule has 0 aromatic heterocycles. The first kappa shape index (κ1) is 13.6. The summed E-state index contributed by atoms with van der Waals surface area (Å²) in [5, 5.41) is 2.77. The Balaban J connectivity index is 1.96. The van der Waals surface area contributed by atoms with Crippen LogP contribution in [0.15, 0.2) is 24.3 Å². The van der Waals surface area contributed by atoms with E-state index in [-0.39, 0.29) is 11.8 Å². The lowest BCUT2D eigenvalue weighted by atomic mass is 10.1. The molecule has 2 rings (SSSR count). The minimum Gasteiger partial charge on any atom is -0.341 e. The highest BCUT2D eigenvalue weighted by molar-refractivity contribution is 5.97. The molecule has 0 radical (unpaired) electrons. The monoisotopic (exact) mass is 260 g/mol. The Hall–Kier alpha value is -1.84. The molecule has 1 saturated heterocycles. The molecular weight excluding hydrogens is 240 g/mol. The van der Waals surface area contributed by atoms with Crippen molar-refractivity contribution in [2.75, 3.05) is 13.1 Å². The van der Waals surface area contributed by atoms with E-state index >= 15 is 0 Å². The van der Waals surface area contributed by atoms with Gasteiger partial charge in [-0.3, -0.25) is 9.59 Å². The van der Waals surface area contributed by atoms with E-state index in [1.165, 1.54) is 0 Å². The van der Waals surface area contributed by atoms with Gasteiger partial charge in [0.1, 0.15) is 6.04 Å². The van der Waals surface area contributed by atoms with E-state index in [0.29, 0.717) is 5.56 Å². The number of carbonyl (C=O) groups is 2. The van der Waals surface area contributed by atoms with Crippen molar-refractivity contribution < 1.29 is 9.59 Å². The molecule has 1 heterocycles. The van der Waals surface area contributed by atoms with Gasteiger partial charge in [0.05, 0.1) is 0 Å². The lowest BCUT2D eigenvalue weighted by molar-refractivity contribution is -0.131. The number of likely N-dealkylation sites (tertiary alicyclic amines) is 1. The van der Waals surface area contributed by atoms with Crippen molar-refractivity contribution in [3.8, 4) is 0 Å². The van der Waals surface area contributed by atoms with Gasteiger partial charge in [0.2, 0.25) is 5.91 Å². The van der Waals surface area contributed by atoms with Gasteiger partial charge in [-0.2, -0.15) is 0 Å². The van der Waals surface area contributed by atoms with Crippen LogP contribution in [0.5, 0.6) is 0 Å². The molecule has 19 heavy (non-hydrogen) atoms. The zero-order valence-corrected chi connectivity index (χ0v) is 11.5. The molecule has 2 amide bonds. The fourth-order valence-electron chi connectivity index (χ4n) is 2.34. The molecule has 0 spiro atoms. The Bertz CT molecular complexity index is 479. The topological polar surface area (TPSA) is 49.4 Å². The van der Waals surface area contributed by atoms with Gasteiger partial charge in [-0.1, -0.05) is 17.7 Å². The summed E-state index contributed by atoms with van der Waals surface area (Å²) in [4.78, 5) is 26.0. The van der Waals surface area contributed by atoms with E-state index in [9.17, 15) is 9.59 Å². The summed E-state index contributed by atoms with van der Waals surface area (Å²) in [6, 6.07) is 6.90. The molecule has 0 aliphatic carbocycles. The van der Waals surface area contributed by atoms with Crippen molar-refractivity contribution >= 4 is 11.8 Å². The van der Waals surface area contributed by atoms with Crippen LogP contribution in [0, 0.1) is 6.92 Å². The maximum absolute atomic E-state index is 12.1. The van der Waals surface area contributed by atoms with Gasteiger partial charge in [0.15, 0.2) is 0 Å². The van der Waals surface area contributed by atoms with Crippen molar-refractivity contribution in [1.29, 1.82) is 0 Å². The lowest BCUT2D eigenvalue weighted by Gasteiger charge is -2.21. The molecule has 102 valence electrons. The third-order valence-electron chi connectivity index (χ3n) is 3.42. The average molecular weight is 260 g/mol. The first-order chi connectivity index (χ1) is 9.08. The van der Waals surface area contributed by atoms with Crippen molar-refractivity contribution in [3.63, 3.8) is 0 Å². The molecule has 1 aliphatic heterocycles. The summed E-state index contributed by atoms with van der Waals surface area (Å²) in [7, 11) is 0. The number of hydrogen-bond acceptors (Lipinski definition) is 2. The number of amides is 2. The van der Waals surface area contributed by atoms with Gasteiger partial charge in [-0.25, -0.2) is 0 Å². The van der Waals surface area contributed by atoms with Crippen molar-refractivity contribution in [1.82, 2.24) is 10.2 Å². The average Bonchev–Trinajstić information content (AvgIpc) is 2.91. The van der Waals surface area contributed by atoms with Crippen molar-refractivity contribution in [2.45, 2.75) is 32.7 Å². The zero-order valence-electron chi connectivity index (χ0n) is 11.5. The standard InChI is InChI=1S/C15H20N2O2/c1-11-6-5-7-13(10-11)14(18)16-12(2)15(19)17-8-3-4-9-17/h5-7,10,12H,3-4,8-9H2,1-2H3,(H,16,18)/t12-/m0/s1. The third-order valence-corrected chi connectivity index (χ3v) is 3.42. The Morgan fingerprint density at radius 3 is 2.58 bits per heavy atom. The number of aryl methyl sites for hydroxylation is 1. The van der Waals surface area contributed by atoms with E-state index in [1.807, 2.05) is 30.0 Å². The number of rotatable bonds is 3. The molecule has 1 aromatic carbocycles. The molecule has 0 saturated carbocycles. The number of benzene rings is 1. The predicted molar refractivity (Wildman–Crippen MR) is 73.9 cm³/mol. The van der Waals surface area contributed by atoms with Gasteiger partial charge in [-0.05, 0) is 38.8 Å².